The molecule has 124 valence electrons. The molecule has 1 N–H and O–H groups in total. The molecule has 3 heterocycles. The Morgan fingerprint density at radius 2 is 2.12 bits per heavy atom. The van der Waals surface area contributed by atoms with Crippen molar-refractivity contribution >= 4 is 16.9 Å². The number of hydrogen-bond acceptors (Lipinski definition) is 5. The average Bonchev–Trinajstić information content (AvgIpc) is 3.31. The maximum atomic E-state index is 12.5. The molecular weight excluding hydrogens is 318 g/mol. The maximum absolute atomic E-state index is 12.5. The highest BCUT2D eigenvalue weighted by molar-refractivity contribution is 5.94. The van der Waals surface area contributed by atoms with Crippen molar-refractivity contribution in [3.63, 3.8) is 0 Å². The third-order valence-corrected chi connectivity index (χ3v) is 3.88. The maximum Gasteiger partial charge on any atom is 0.252 e. The Labute approximate surface area is 143 Å². The van der Waals surface area contributed by atoms with Crippen LogP contribution in [0.2, 0.25) is 0 Å². The number of nitrogens with zero attached hydrogens (tertiary/aromatic N) is 4. The Balaban J connectivity index is 1.54. The van der Waals surface area contributed by atoms with Gasteiger partial charge in [0.2, 0.25) is 0 Å². The zero-order valence-electron chi connectivity index (χ0n) is 13.5. The number of rotatable bonds is 4. The topological polar surface area (TPSA) is 85.8 Å². The van der Waals surface area contributed by atoms with Crippen LogP contribution in [0.4, 0.5) is 0 Å². The van der Waals surface area contributed by atoms with Crippen LogP contribution in [0.5, 0.6) is 0 Å². The van der Waals surface area contributed by atoms with Crippen LogP contribution in [0.3, 0.4) is 0 Å². The highest BCUT2D eigenvalue weighted by Gasteiger charge is 2.16. The van der Waals surface area contributed by atoms with E-state index in [1.807, 2.05) is 37.3 Å². The summed E-state index contributed by atoms with van der Waals surface area (Å²) in [5.74, 6) is 1.03. The number of hydrogen-bond donors (Lipinski definition) is 1. The summed E-state index contributed by atoms with van der Waals surface area (Å²) in [6.07, 6.45) is 4.51. The van der Waals surface area contributed by atoms with E-state index in [0.717, 1.165) is 11.0 Å². The van der Waals surface area contributed by atoms with Crippen molar-refractivity contribution in [2.24, 2.45) is 0 Å². The highest BCUT2D eigenvalue weighted by Crippen LogP contribution is 2.23. The lowest BCUT2D eigenvalue weighted by Crippen LogP contribution is -2.26. The van der Waals surface area contributed by atoms with Crippen molar-refractivity contribution in [3.8, 4) is 5.82 Å². The Morgan fingerprint density at radius 3 is 2.92 bits per heavy atom. The van der Waals surface area contributed by atoms with Crippen molar-refractivity contribution in [2.75, 3.05) is 0 Å². The lowest BCUT2D eigenvalue weighted by molar-refractivity contribution is 0.0935. The third kappa shape index (κ3) is 2.99. The number of benzene rings is 1. The first kappa shape index (κ1) is 15.1. The number of fused-ring (bicyclic) bond motifs is 1. The van der Waals surface area contributed by atoms with Gasteiger partial charge in [0.1, 0.15) is 24.0 Å². The number of pyridine rings is 1. The SMILES string of the molecule is CC(NC(=O)c1ccnc(-n2cncn2)c1)c1cc2ccccc2o1. The largest absolute Gasteiger partial charge is 0.459 e. The van der Waals surface area contributed by atoms with Gasteiger partial charge in [-0.3, -0.25) is 4.79 Å². The van der Waals surface area contributed by atoms with E-state index in [1.54, 1.807) is 18.3 Å². The summed E-state index contributed by atoms with van der Waals surface area (Å²) in [6, 6.07) is 12.7. The smallest absolute Gasteiger partial charge is 0.252 e. The van der Waals surface area contributed by atoms with Gasteiger partial charge in [0.05, 0.1) is 6.04 Å². The molecule has 1 atom stereocenters. The molecular formula is C18H15N5O2. The van der Waals surface area contributed by atoms with Crippen molar-refractivity contribution in [2.45, 2.75) is 13.0 Å². The van der Waals surface area contributed by atoms with Gasteiger partial charge in [-0.1, -0.05) is 18.2 Å². The van der Waals surface area contributed by atoms with Gasteiger partial charge in [0, 0.05) is 17.1 Å². The minimum Gasteiger partial charge on any atom is -0.459 e. The molecule has 25 heavy (non-hydrogen) atoms. The molecule has 1 unspecified atom stereocenters. The second kappa shape index (κ2) is 6.20. The normalized spacial score (nSPS) is 12.2. The van der Waals surface area contributed by atoms with Crippen LogP contribution in [0, 0.1) is 0 Å². The lowest BCUT2D eigenvalue weighted by Gasteiger charge is -2.11. The number of carbonyl (C=O) groups is 1. The molecule has 4 aromatic rings. The van der Waals surface area contributed by atoms with Crippen LogP contribution in [0.1, 0.15) is 29.1 Å². The van der Waals surface area contributed by atoms with Gasteiger partial charge < -0.3 is 9.73 Å². The van der Waals surface area contributed by atoms with E-state index < -0.39 is 0 Å². The zero-order valence-corrected chi connectivity index (χ0v) is 13.5. The average molecular weight is 333 g/mol. The van der Waals surface area contributed by atoms with Gasteiger partial charge in [0.25, 0.3) is 5.91 Å². The summed E-state index contributed by atoms with van der Waals surface area (Å²) in [6.45, 7) is 1.88. The van der Waals surface area contributed by atoms with E-state index in [4.69, 9.17) is 4.42 Å². The summed E-state index contributed by atoms with van der Waals surface area (Å²) in [7, 11) is 0. The first-order valence-corrected chi connectivity index (χ1v) is 7.81. The summed E-state index contributed by atoms with van der Waals surface area (Å²) in [5, 5.41) is 7.97. The summed E-state index contributed by atoms with van der Waals surface area (Å²) >= 11 is 0. The van der Waals surface area contributed by atoms with Crippen molar-refractivity contribution in [1.82, 2.24) is 25.1 Å². The molecule has 7 nitrogen and oxygen atoms in total. The molecule has 0 aliphatic carbocycles. The zero-order chi connectivity index (χ0) is 17.2. The monoisotopic (exact) mass is 333 g/mol. The number of para-hydroxylation sites is 1. The number of carbonyl (C=O) groups excluding carboxylic acids is 1. The minimum atomic E-state index is -0.261. The Morgan fingerprint density at radius 1 is 1.24 bits per heavy atom. The Hall–Kier alpha value is -3.48. The molecule has 0 radical (unpaired) electrons. The molecule has 3 aromatic heterocycles. The predicted molar refractivity (Wildman–Crippen MR) is 91.2 cm³/mol. The molecule has 0 bridgehead atoms. The summed E-state index contributed by atoms with van der Waals surface area (Å²) in [5.41, 5.74) is 1.29. The fourth-order valence-corrected chi connectivity index (χ4v) is 2.58. The lowest BCUT2D eigenvalue weighted by atomic mass is 10.2. The molecule has 1 amide bonds. The molecule has 7 heteroatoms. The third-order valence-electron chi connectivity index (χ3n) is 3.88. The Kier molecular flexibility index (Phi) is 3.74. The van der Waals surface area contributed by atoms with Crippen LogP contribution < -0.4 is 5.32 Å². The highest BCUT2D eigenvalue weighted by atomic mass is 16.3. The van der Waals surface area contributed by atoms with Gasteiger partial charge in [-0.05, 0) is 31.2 Å². The number of aromatic nitrogens is 4. The van der Waals surface area contributed by atoms with E-state index in [1.165, 1.54) is 17.3 Å². The molecule has 4 rings (SSSR count). The molecule has 0 saturated carbocycles. The number of furan rings is 1. The first-order valence-electron chi connectivity index (χ1n) is 7.81. The molecule has 0 aliphatic rings. The molecule has 0 aliphatic heterocycles. The van der Waals surface area contributed by atoms with Crippen LogP contribution in [0.25, 0.3) is 16.8 Å². The molecule has 1 aromatic carbocycles. The quantitative estimate of drug-likeness (QED) is 0.620. The van der Waals surface area contributed by atoms with Crippen LogP contribution in [-0.4, -0.2) is 25.7 Å². The van der Waals surface area contributed by atoms with Crippen molar-refractivity contribution in [3.05, 3.63) is 72.6 Å². The van der Waals surface area contributed by atoms with Gasteiger partial charge >= 0.3 is 0 Å². The summed E-state index contributed by atoms with van der Waals surface area (Å²) < 4.78 is 7.30. The molecule has 0 fully saturated rings. The van der Waals surface area contributed by atoms with Crippen molar-refractivity contribution < 1.29 is 9.21 Å². The van der Waals surface area contributed by atoms with Crippen LogP contribution in [0.15, 0.2) is 65.7 Å². The van der Waals surface area contributed by atoms with E-state index in [9.17, 15) is 4.79 Å². The fraction of sp³-hybridized carbons (Fsp3) is 0.111. The molecule has 0 saturated heterocycles. The number of amides is 1. The van der Waals surface area contributed by atoms with Gasteiger partial charge in [-0.25, -0.2) is 14.6 Å². The van der Waals surface area contributed by atoms with Crippen LogP contribution in [-0.2, 0) is 0 Å². The van der Waals surface area contributed by atoms with Crippen molar-refractivity contribution in [1.29, 1.82) is 0 Å². The van der Waals surface area contributed by atoms with Gasteiger partial charge in [-0.2, -0.15) is 5.10 Å². The second-order valence-electron chi connectivity index (χ2n) is 5.62. The van der Waals surface area contributed by atoms with Gasteiger partial charge in [0.15, 0.2) is 5.82 Å². The minimum absolute atomic E-state index is 0.211. The summed E-state index contributed by atoms with van der Waals surface area (Å²) in [4.78, 5) is 20.6. The van der Waals surface area contributed by atoms with E-state index in [-0.39, 0.29) is 11.9 Å². The Bertz CT molecular complexity index is 990. The number of nitrogens with one attached hydrogen (secondary N) is 1. The molecule has 0 spiro atoms. The van der Waals surface area contributed by atoms with E-state index >= 15 is 0 Å². The second-order valence-corrected chi connectivity index (χ2v) is 5.62. The predicted octanol–water partition coefficient (Wildman–Crippen LogP) is 2.90. The van der Waals surface area contributed by atoms with E-state index in [2.05, 4.69) is 20.4 Å². The van der Waals surface area contributed by atoms with Crippen LogP contribution >= 0.6 is 0 Å². The first-order chi connectivity index (χ1) is 12.2. The standard InChI is InChI=1S/C18H15N5O2/c1-12(16-8-13-4-2-3-5-15(13)25-16)22-18(24)14-6-7-20-17(9-14)23-11-19-10-21-23/h2-12H,1H3,(H,22,24). The van der Waals surface area contributed by atoms with E-state index in [0.29, 0.717) is 17.1 Å². The van der Waals surface area contributed by atoms with Gasteiger partial charge in [-0.15, -0.1) is 0 Å². The fourth-order valence-electron chi connectivity index (χ4n) is 2.58.